The van der Waals surface area contributed by atoms with Gasteiger partial charge >= 0.3 is 5.97 Å². The number of hydrogen-bond acceptors (Lipinski definition) is 4. The van der Waals surface area contributed by atoms with Gasteiger partial charge in [0.15, 0.2) is 0 Å². The molecule has 3 atom stereocenters. The molecule has 0 aliphatic heterocycles. The van der Waals surface area contributed by atoms with E-state index in [9.17, 15) is 15.0 Å². The molecule has 4 aliphatic carbocycles. The average molecular weight is 252 g/mol. The Labute approximate surface area is 107 Å². The van der Waals surface area contributed by atoms with Gasteiger partial charge in [0.2, 0.25) is 5.79 Å². The van der Waals surface area contributed by atoms with Crippen LogP contribution < -0.4 is 0 Å². The van der Waals surface area contributed by atoms with E-state index in [0.717, 1.165) is 19.3 Å². The molecule has 0 radical (unpaired) electrons. The van der Waals surface area contributed by atoms with Gasteiger partial charge in [0.05, 0.1) is 0 Å². The quantitative estimate of drug-likeness (QED) is 0.442. The Bertz CT molecular complexity index is 402. The summed E-state index contributed by atoms with van der Waals surface area (Å²) in [7, 11) is 0. The highest BCUT2D eigenvalue weighted by atomic mass is 16.7. The maximum Gasteiger partial charge on any atom is 0.335 e. The molecule has 0 saturated heterocycles. The van der Waals surface area contributed by atoms with Crippen molar-refractivity contribution in [2.45, 2.75) is 50.4 Å². The molecule has 0 aromatic heterocycles. The van der Waals surface area contributed by atoms with E-state index < -0.39 is 17.4 Å². The van der Waals surface area contributed by atoms with Crippen molar-refractivity contribution in [3.8, 4) is 0 Å². The average Bonchev–Trinajstić information content (AvgIpc) is 2.24. The van der Waals surface area contributed by atoms with Crippen molar-refractivity contribution >= 4 is 5.97 Å². The van der Waals surface area contributed by atoms with Crippen molar-refractivity contribution in [2.24, 2.45) is 17.8 Å². The van der Waals surface area contributed by atoms with Gasteiger partial charge in [-0.15, -0.1) is 0 Å². The number of hydrogen-bond donors (Lipinski definition) is 2. The van der Waals surface area contributed by atoms with Crippen LogP contribution >= 0.6 is 0 Å². The van der Waals surface area contributed by atoms with Gasteiger partial charge < -0.3 is 14.9 Å². The Morgan fingerprint density at radius 3 is 2.22 bits per heavy atom. The van der Waals surface area contributed by atoms with Crippen LogP contribution in [0, 0.1) is 17.8 Å². The van der Waals surface area contributed by atoms with Gasteiger partial charge in [0.1, 0.15) is 5.60 Å². The maximum absolute atomic E-state index is 11.7. The van der Waals surface area contributed by atoms with Gasteiger partial charge in [-0.1, -0.05) is 6.58 Å². The summed E-state index contributed by atoms with van der Waals surface area (Å²) in [6, 6.07) is 0. The topological polar surface area (TPSA) is 66.8 Å². The highest BCUT2D eigenvalue weighted by molar-refractivity contribution is 5.87. The molecule has 4 aliphatic rings. The highest BCUT2D eigenvalue weighted by Crippen LogP contribution is 2.60. The maximum atomic E-state index is 11.7. The molecule has 0 spiro atoms. The minimum atomic E-state index is -1.71. The lowest BCUT2D eigenvalue weighted by Gasteiger charge is -2.61. The lowest BCUT2D eigenvalue weighted by atomic mass is 9.51. The molecule has 4 fully saturated rings. The van der Waals surface area contributed by atoms with E-state index in [-0.39, 0.29) is 11.5 Å². The molecule has 2 N–H and O–H groups in total. The van der Waals surface area contributed by atoms with Crippen molar-refractivity contribution in [3.63, 3.8) is 0 Å². The van der Waals surface area contributed by atoms with Gasteiger partial charge in [-0.3, -0.25) is 0 Å². The summed E-state index contributed by atoms with van der Waals surface area (Å²) < 4.78 is 5.25. The summed E-state index contributed by atoms with van der Waals surface area (Å²) in [4.78, 5) is 11.7. The van der Waals surface area contributed by atoms with E-state index in [1.54, 1.807) is 6.92 Å². The molecule has 0 aromatic carbocycles. The summed E-state index contributed by atoms with van der Waals surface area (Å²) >= 11 is 0. The predicted octanol–water partition coefficient (Wildman–Crippen LogP) is 1.37. The Morgan fingerprint density at radius 1 is 1.22 bits per heavy atom. The van der Waals surface area contributed by atoms with Crippen LogP contribution in [0.4, 0.5) is 0 Å². The van der Waals surface area contributed by atoms with Gasteiger partial charge in [0, 0.05) is 11.5 Å². The molecule has 4 heteroatoms. The van der Waals surface area contributed by atoms with Crippen molar-refractivity contribution in [3.05, 3.63) is 12.2 Å². The summed E-state index contributed by atoms with van der Waals surface area (Å²) in [5, 5.41) is 21.4. The highest BCUT2D eigenvalue weighted by Gasteiger charge is 2.67. The minimum Gasteiger partial charge on any atom is -0.426 e. The first-order valence-electron chi connectivity index (χ1n) is 6.67. The summed E-state index contributed by atoms with van der Waals surface area (Å²) in [6.07, 6.45) is 3.92. The molecule has 4 nitrogen and oxygen atoms in total. The van der Waals surface area contributed by atoms with Crippen LogP contribution in [0.3, 0.4) is 0 Å². The molecule has 0 aromatic rings. The van der Waals surface area contributed by atoms with E-state index in [1.807, 2.05) is 0 Å². The monoisotopic (exact) mass is 252 g/mol. The van der Waals surface area contributed by atoms with E-state index >= 15 is 0 Å². The Morgan fingerprint density at radius 2 is 1.78 bits per heavy atom. The van der Waals surface area contributed by atoms with Crippen LogP contribution in [0.5, 0.6) is 0 Å². The fourth-order valence-corrected chi connectivity index (χ4v) is 4.34. The number of esters is 1. The Balaban J connectivity index is 1.91. The molecule has 100 valence electrons. The van der Waals surface area contributed by atoms with E-state index in [2.05, 4.69) is 6.58 Å². The van der Waals surface area contributed by atoms with E-state index in [1.165, 1.54) is 0 Å². The third-order valence-electron chi connectivity index (χ3n) is 4.97. The standard InChI is InChI=1S/C14H20O4/c1-8(2)12(15)18-14(17)11-4-9-3-10(5-11)7-13(14,16)6-9/h9-11,16-17H,1,3-7H2,2H3. The lowest BCUT2D eigenvalue weighted by molar-refractivity contribution is -0.359. The number of carbonyl (C=O) groups excluding carboxylic acids is 1. The Hall–Kier alpha value is -0.870. The molecule has 3 unspecified atom stereocenters. The van der Waals surface area contributed by atoms with Crippen molar-refractivity contribution < 1.29 is 19.7 Å². The van der Waals surface area contributed by atoms with E-state index in [0.29, 0.717) is 24.7 Å². The molecule has 0 heterocycles. The second-order valence-corrected chi connectivity index (χ2v) is 6.44. The zero-order valence-corrected chi connectivity index (χ0v) is 10.7. The first-order valence-corrected chi connectivity index (χ1v) is 6.67. The number of rotatable bonds is 2. The largest absolute Gasteiger partial charge is 0.426 e. The number of carbonyl (C=O) groups is 1. The van der Waals surface area contributed by atoms with Crippen LogP contribution in [-0.2, 0) is 9.53 Å². The molecular formula is C14H20O4. The van der Waals surface area contributed by atoms with Crippen molar-refractivity contribution in [1.29, 1.82) is 0 Å². The van der Waals surface area contributed by atoms with Crippen LogP contribution in [0.2, 0.25) is 0 Å². The summed E-state index contributed by atoms with van der Waals surface area (Å²) in [5.74, 6) is -1.51. The molecular weight excluding hydrogens is 232 g/mol. The first-order chi connectivity index (χ1) is 8.34. The van der Waals surface area contributed by atoms with Gasteiger partial charge in [0.25, 0.3) is 0 Å². The Kier molecular flexibility index (Phi) is 2.42. The molecule has 4 bridgehead atoms. The predicted molar refractivity (Wildman–Crippen MR) is 64.4 cm³/mol. The smallest absolute Gasteiger partial charge is 0.335 e. The first kappa shape index (κ1) is 12.2. The zero-order valence-electron chi connectivity index (χ0n) is 10.7. The second kappa shape index (κ2) is 3.58. The van der Waals surface area contributed by atoms with Crippen LogP contribution in [-0.4, -0.2) is 27.6 Å². The fourth-order valence-electron chi connectivity index (χ4n) is 4.34. The van der Waals surface area contributed by atoms with Gasteiger partial charge in [-0.05, 0) is 50.9 Å². The van der Waals surface area contributed by atoms with Crippen LogP contribution in [0.25, 0.3) is 0 Å². The van der Waals surface area contributed by atoms with Crippen LogP contribution in [0.15, 0.2) is 12.2 Å². The third-order valence-corrected chi connectivity index (χ3v) is 4.97. The lowest BCUT2D eigenvalue weighted by Crippen LogP contribution is -2.70. The minimum absolute atomic E-state index is 0.128. The number of ether oxygens (including phenoxy) is 1. The van der Waals surface area contributed by atoms with Crippen LogP contribution in [0.1, 0.15) is 39.0 Å². The molecule has 18 heavy (non-hydrogen) atoms. The zero-order chi connectivity index (χ0) is 13.1. The fraction of sp³-hybridized carbons (Fsp3) is 0.786. The summed E-state index contributed by atoms with van der Waals surface area (Å²) in [5.41, 5.74) is -1.01. The number of aliphatic hydroxyl groups is 2. The molecule has 0 amide bonds. The molecule has 4 saturated carbocycles. The van der Waals surface area contributed by atoms with Gasteiger partial charge in [-0.2, -0.15) is 0 Å². The summed E-state index contributed by atoms with van der Waals surface area (Å²) in [6.45, 7) is 5.07. The normalized spacial score (nSPS) is 49.2. The van der Waals surface area contributed by atoms with E-state index in [4.69, 9.17) is 4.74 Å². The third kappa shape index (κ3) is 1.48. The molecule has 4 rings (SSSR count). The van der Waals surface area contributed by atoms with Crippen molar-refractivity contribution in [2.75, 3.05) is 0 Å². The van der Waals surface area contributed by atoms with Crippen molar-refractivity contribution in [1.82, 2.24) is 0 Å². The van der Waals surface area contributed by atoms with Gasteiger partial charge in [-0.25, -0.2) is 4.79 Å². The second-order valence-electron chi connectivity index (χ2n) is 6.44. The SMILES string of the molecule is C=C(C)C(=O)OC1(O)C2CC3CC(C2)CC1(O)C3.